The van der Waals surface area contributed by atoms with Gasteiger partial charge in [-0.3, -0.25) is 24.2 Å². The first-order chi connectivity index (χ1) is 13.2. The average molecular weight is 391 g/mol. The molecule has 1 heterocycles. The molecule has 0 radical (unpaired) electrons. The molecule has 1 aromatic heterocycles. The van der Waals surface area contributed by atoms with E-state index in [1.165, 1.54) is 18.3 Å². The third-order valence-corrected chi connectivity index (χ3v) is 3.72. The third kappa shape index (κ3) is 8.15. The zero-order valence-electron chi connectivity index (χ0n) is 16.8. The number of hydrogen-bond acceptors (Lipinski definition) is 5. The number of aromatic nitrogens is 1. The summed E-state index contributed by atoms with van der Waals surface area (Å²) in [6, 6.07) is 2.89. The lowest BCUT2D eigenvalue weighted by Gasteiger charge is -2.10. The average Bonchev–Trinajstić information content (AvgIpc) is 2.67. The molecule has 0 atom stereocenters. The molecular weight excluding hydrogens is 362 g/mol. The predicted molar refractivity (Wildman–Crippen MR) is 105 cm³/mol. The summed E-state index contributed by atoms with van der Waals surface area (Å²) in [6.45, 7) is 8.31. The van der Waals surface area contributed by atoms with Crippen molar-refractivity contribution in [3.8, 4) is 0 Å². The molecule has 1 rings (SSSR count). The van der Waals surface area contributed by atoms with Gasteiger partial charge in [0.15, 0.2) is 0 Å². The van der Waals surface area contributed by atoms with Gasteiger partial charge in [0.25, 0.3) is 11.8 Å². The summed E-state index contributed by atoms with van der Waals surface area (Å²) in [5.74, 6) is -1.20. The minimum absolute atomic E-state index is 0.0818. The second-order valence-corrected chi connectivity index (χ2v) is 6.83. The van der Waals surface area contributed by atoms with Crippen LogP contribution in [0.25, 0.3) is 0 Å². The number of nitrogens with zero attached hydrogens (tertiary/aromatic N) is 1. The molecule has 9 nitrogen and oxygen atoms in total. The van der Waals surface area contributed by atoms with Crippen molar-refractivity contribution in [3.63, 3.8) is 0 Å². The highest BCUT2D eigenvalue weighted by Crippen LogP contribution is 2.02. The molecule has 4 N–H and O–H groups in total. The standard InChI is InChI=1S/C19H29N5O4/c1-12(2)16(25)21-7-9-23-18(27)14-5-6-20-15(11-14)19(28)24-10-8-22-17(26)13(3)4/h5-6,11-13H,7-10H2,1-4H3,(H,21,25)(H,22,26)(H,23,27)(H,24,28). The van der Waals surface area contributed by atoms with Gasteiger partial charge in [-0.2, -0.15) is 0 Å². The van der Waals surface area contributed by atoms with E-state index in [-0.39, 0.29) is 48.3 Å². The molecule has 9 heteroatoms. The van der Waals surface area contributed by atoms with Gasteiger partial charge >= 0.3 is 0 Å². The van der Waals surface area contributed by atoms with Crippen molar-refractivity contribution in [2.45, 2.75) is 27.7 Å². The van der Waals surface area contributed by atoms with E-state index >= 15 is 0 Å². The van der Waals surface area contributed by atoms with Crippen LogP contribution in [0.15, 0.2) is 18.3 Å². The van der Waals surface area contributed by atoms with Crippen LogP contribution < -0.4 is 21.3 Å². The molecule has 0 saturated carbocycles. The van der Waals surface area contributed by atoms with Crippen molar-refractivity contribution in [1.82, 2.24) is 26.3 Å². The van der Waals surface area contributed by atoms with Crippen molar-refractivity contribution >= 4 is 23.6 Å². The smallest absolute Gasteiger partial charge is 0.269 e. The molecule has 0 aliphatic carbocycles. The van der Waals surface area contributed by atoms with Crippen molar-refractivity contribution in [1.29, 1.82) is 0 Å². The molecule has 0 aliphatic rings. The van der Waals surface area contributed by atoms with Crippen LogP contribution >= 0.6 is 0 Å². The van der Waals surface area contributed by atoms with Crippen molar-refractivity contribution in [3.05, 3.63) is 29.6 Å². The van der Waals surface area contributed by atoms with Gasteiger partial charge in [0.2, 0.25) is 11.8 Å². The van der Waals surface area contributed by atoms with Crippen molar-refractivity contribution < 1.29 is 19.2 Å². The van der Waals surface area contributed by atoms with Crippen LogP contribution in [-0.4, -0.2) is 54.8 Å². The van der Waals surface area contributed by atoms with Gasteiger partial charge in [-0.05, 0) is 12.1 Å². The highest BCUT2D eigenvalue weighted by molar-refractivity contribution is 5.98. The zero-order valence-corrected chi connectivity index (χ0v) is 16.8. The number of pyridine rings is 1. The highest BCUT2D eigenvalue weighted by atomic mass is 16.2. The molecule has 0 bridgehead atoms. The Morgan fingerprint density at radius 1 is 0.786 bits per heavy atom. The number of carbonyl (C=O) groups is 4. The molecule has 154 valence electrons. The fourth-order valence-corrected chi connectivity index (χ4v) is 2.02. The molecule has 0 spiro atoms. The van der Waals surface area contributed by atoms with Crippen LogP contribution in [0.4, 0.5) is 0 Å². The second kappa shape index (κ2) is 11.7. The minimum Gasteiger partial charge on any atom is -0.354 e. The summed E-state index contributed by atoms with van der Waals surface area (Å²) in [7, 11) is 0. The van der Waals surface area contributed by atoms with E-state index in [1.54, 1.807) is 27.7 Å². The molecule has 1 aromatic rings. The third-order valence-electron chi connectivity index (χ3n) is 3.72. The van der Waals surface area contributed by atoms with Gasteiger partial charge in [-0.1, -0.05) is 27.7 Å². The van der Waals surface area contributed by atoms with Crippen molar-refractivity contribution in [2.24, 2.45) is 11.8 Å². The normalized spacial score (nSPS) is 10.5. The Bertz CT molecular complexity index is 648. The zero-order chi connectivity index (χ0) is 21.1. The van der Waals surface area contributed by atoms with E-state index in [9.17, 15) is 19.2 Å². The lowest BCUT2D eigenvalue weighted by atomic mass is 10.2. The summed E-state index contributed by atoms with van der Waals surface area (Å²) in [5, 5.41) is 10.7. The van der Waals surface area contributed by atoms with E-state index in [4.69, 9.17) is 0 Å². The second-order valence-electron chi connectivity index (χ2n) is 6.83. The number of rotatable bonds is 10. The largest absolute Gasteiger partial charge is 0.354 e. The molecular formula is C19H29N5O4. The van der Waals surface area contributed by atoms with Crippen LogP contribution in [0.2, 0.25) is 0 Å². The molecule has 4 amide bonds. The van der Waals surface area contributed by atoms with Crippen LogP contribution in [0.1, 0.15) is 48.5 Å². The van der Waals surface area contributed by atoms with Gasteiger partial charge < -0.3 is 21.3 Å². The highest BCUT2D eigenvalue weighted by Gasteiger charge is 2.12. The molecule has 0 fully saturated rings. The number of hydrogen-bond donors (Lipinski definition) is 4. The first-order valence-electron chi connectivity index (χ1n) is 9.30. The van der Waals surface area contributed by atoms with E-state index in [1.807, 2.05) is 0 Å². The lowest BCUT2D eigenvalue weighted by molar-refractivity contribution is -0.124. The van der Waals surface area contributed by atoms with Gasteiger partial charge in [0.1, 0.15) is 5.69 Å². The Balaban J connectivity index is 2.45. The van der Waals surface area contributed by atoms with E-state index in [0.29, 0.717) is 18.7 Å². The Hall–Kier alpha value is -2.97. The summed E-state index contributed by atoms with van der Waals surface area (Å²) in [4.78, 5) is 51.2. The molecule has 0 aromatic carbocycles. The van der Waals surface area contributed by atoms with Crippen LogP contribution in [0, 0.1) is 11.8 Å². The topological polar surface area (TPSA) is 129 Å². The maximum atomic E-state index is 12.2. The first kappa shape index (κ1) is 23.1. The van der Waals surface area contributed by atoms with Gasteiger partial charge in [-0.25, -0.2) is 0 Å². The maximum absolute atomic E-state index is 12.2. The molecule has 0 aliphatic heterocycles. The SMILES string of the molecule is CC(C)C(=O)NCCNC(=O)c1ccnc(C(=O)NCCNC(=O)C(C)C)c1. The van der Waals surface area contributed by atoms with E-state index in [2.05, 4.69) is 26.3 Å². The molecule has 0 unspecified atom stereocenters. The van der Waals surface area contributed by atoms with E-state index < -0.39 is 5.91 Å². The van der Waals surface area contributed by atoms with Gasteiger partial charge in [0, 0.05) is 49.8 Å². The predicted octanol–water partition coefficient (Wildman–Crippen LogP) is 0.0856. The summed E-state index contributed by atoms with van der Waals surface area (Å²) in [6.07, 6.45) is 1.38. The van der Waals surface area contributed by atoms with Crippen LogP contribution in [0.5, 0.6) is 0 Å². The Labute approximate surface area is 165 Å². The fourth-order valence-electron chi connectivity index (χ4n) is 2.02. The van der Waals surface area contributed by atoms with Gasteiger partial charge in [0.05, 0.1) is 0 Å². The van der Waals surface area contributed by atoms with Crippen LogP contribution in [0.3, 0.4) is 0 Å². The molecule has 0 saturated heterocycles. The quantitative estimate of drug-likeness (QED) is 0.420. The van der Waals surface area contributed by atoms with Crippen molar-refractivity contribution in [2.75, 3.05) is 26.2 Å². The van der Waals surface area contributed by atoms with Crippen LogP contribution in [-0.2, 0) is 9.59 Å². The minimum atomic E-state index is -0.433. The van der Waals surface area contributed by atoms with Gasteiger partial charge in [-0.15, -0.1) is 0 Å². The monoisotopic (exact) mass is 391 g/mol. The van der Waals surface area contributed by atoms with E-state index in [0.717, 1.165) is 0 Å². The number of amides is 4. The Morgan fingerprint density at radius 3 is 1.75 bits per heavy atom. The number of carbonyl (C=O) groups excluding carboxylic acids is 4. The first-order valence-corrected chi connectivity index (χ1v) is 9.30. The lowest BCUT2D eigenvalue weighted by Crippen LogP contribution is -2.37. The summed E-state index contributed by atoms with van der Waals surface area (Å²) >= 11 is 0. The summed E-state index contributed by atoms with van der Waals surface area (Å²) < 4.78 is 0. The fraction of sp³-hybridized carbons (Fsp3) is 0.526. The Kier molecular flexibility index (Phi) is 9.63. The Morgan fingerprint density at radius 2 is 1.25 bits per heavy atom. The maximum Gasteiger partial charge on any atom is 0.269 e. The summed E-state index contributed by atoms with van der Waals surface area (Å²) in [5.41, 5.74) is 0.402. The number of nitrogens with one attached hydrogen (secondary N) is 4. The molecule has 28 heavy (non-hydrogen) atoms.